The summed E-state index contributed by atoms with van der Waals surface area (Å²) in [4.78, 5) is 52.2. The van der Waals surface area contributed by atoms with Gasteiger partial charge >= 0.3 is 0 Å². The molecule has 0 aliphatic rings. The lowest BCUT2D eigenvalue weighted by molar-refractivity contribution is -0.148. The summed E-state index contributed by atoms with van der Waals surface area (Å²) < 4.78 is 0. The molecular weight excluding hydrogens is 612 g/mol. The number of amides is 4. The largest absolute Gasteiger partial charge is 0.380 e. The minimum absolute atomic E-state index is 0.0249. The van der Waals surface area contributed by atoms with Crippen LogP contribution >= 0.6 is 0 Å². The molecule has 0 spiro atoms. The summed E-state index contributed by atoms with van der Waals surface area (Å²) in [6, 6.07) is 33.2. The molecule has 246 valence electrons. The average Bonchev–Trinajstić information content (AvgIpc) is 3.12. The number of aliphatic hydroxyl groups is 2. The molecular formula is C36H36N6O6. The van der Waals surface area contributed by atoms with Crippen LogP contribution in [0.5, 0.6) is 0 Å². The van der Waals surface area contributed by atoms with E-state index in [9.17, 15) is 29.4 Å². The van der Waals surface area contributed by atoms with Crippen molar-refractivity contribution in [1.29, 1.82) is 0 Å². The van der Waals surface area contributed by atoms with E-state index < -0.39 is 47.9 Å². The lowest BCUT2D eigenvalue weighted by Gasteiger charge is -2.23. The van der Waals surface area contributed by atoms with E-state index in [2.05, 4.69) is 31.7 Å². The molecule has 12 heteroatoms. The van der Waals surface area contributed by atoms with Crippen molar-refractivity contribution < 1.29 is 29.4 Å². The molecule has 0 radical (unpaired) electrons. The number of carbonyl (C=O) groups is 4. The van der Waals surface area contributed by atoms with E-state index in [4.69, 9.17) is 0 Å². The van der Waals surface area contributed by atoms with Crippen LogP contribution < -0.4 is 21.5 Å². The predicted octanol–water partition coefficient (Wildman–Crippen LogP) is 1.46. The Kier molecular flexibility index (Phi) is 13.3. The highest BCUT2D eigenvalue weighted by Gasteiger charge is 2.35. The monoisotopic (exact) mass is 648 g/mol. The van der Waals surface area contributed by atoms with Crippen LogP contribution in [0.25, 0.3) is 0 Å². The van der Waals surface area contributed by atoms with Crippen LogP contribution in [0.15, 0.2) is 132 Å². The maximum absolute atomic E-state index is 13.1. The van der Waals surface area contributed by atoms with Gasteiger partial charge in [0.25, 0.3) is 23.6 Å². The van der Waals surface area contributed by atoms with Crippen molar-refractivity contribution in [2.75, 3.05) is 0 Å². The molecule has 6 N–H and O–H groups in total. The third-order valence-electron chi connectivity index (χ3n) is 7.04. The van der Waals surface area contributed by atoms with E-state index in [1.165, 1.54) is 12.4 Å². The smallest absolute Gasteiger partial charge is 0.262 e. The molecule has 4 aromatic rings. The van der Waals surface area contributed by atoms with Gasteiger partial charge in [-0.1, -0.05) is 121 Å². The van der Waals surface area contributed by atoms with Gasteiger partial charge in [0.15, 0.2) is 12.2 Å². The zero-order valence-electron chi connectivity index (χ0n) is 25.8. The number of aliphatic hydroxyl groups excluding tert-OH is 2. The molecule has 0 aliphatic carbocycles. The first-order valence-corrected chi connectivity index (χ1v) is 15.1. The fraction of sp³-hybridized carbons (Fsp3) is 0.167. The van der Waals surface area contributed by atoms with E-state index in [1.807, 2.05) is 12.1 Å². The second-order valence-corrected chi connectivity index (χ2v) is 10.7. The van der Waals surface area contributed by atoms with Crippen LogP contribution in [0.4, 0.5) is 0 Å². The summed E-state index contributed by atoms with van der Waals surface area (Å²) in [6.07, 6.45) is -1.65. The Morgan fingerprint density at radius 3 is 1.15 bits per heavy atom. The molecule has 48 heavy (non-hydrogen) atoms. The van der Waals surface area contributed by atoms with Crippen molar-refractivity contribution in [2.45, 2.75) is 37.1 Å². The molecule has 4 amide bonds. The van der Waals surface area contributed by atoms with Crippen molar-refractivity contribution in [3.63, 3.8) is 0 Å². The Morgan fingerprint density at radius 1 is 0.500 bits per heavy atom. The molecule has 2 unspecified atom stereocenters. The Hall–Kier alpha value is -5.98. The fourth-order valence-electron chi connectivity index (χ4n) is 4.49. The van der Waals surface area contributed by atoms with Gasteiger partial charge in [-0.15, -0.1) is 0 Å². The zero-order chi connectivity index (χ0) is 34.1. The minimum Gasteiger partial charge on any atom is -0.380 e. The molecule has 0 fully saturated rings. The van der Waals surface area contributed by atoms with Gasteiger partial charge in [-0.3, -0.25) is 19.2 Å². The summed E-state index contributed by atoms with van der Waals surface area (Å²) in [5.74, 6) is -3.75. The van der Waals surface area contributed by atoms with Crippen molar-refractivity contribution in [3.8, 4) is 0 Å². The van der Waals surface area contributed by atoms with Crippen LogP contribution in [0.2, 0.25) is 0 Å². The highest BCUT2D eigenvalue weighted by Crippen LogP contribution is 2.08. The lowest BCUT2D eigenvalue weighted by Crippen LogP contribution is -2.57. The van der Waals surface area contributed by atoms with E-state index in [-0.39, 0.29) is 12.8 Å². The van der Waals surface area contributed by atoms with Gasteiger partial charge in [0, 0.05) is 12.8 Å². The van der Waals surface area contributed by atoms with Gasteiger partial charge < -0.3 is 20.8 Å². The maximum atomic E-state index is 13.1. The number of benzene rings is 4. The molecule has 0 aliphatic heterocycles. The van der Waals surface area contributed by atoms with Gasteiger partial charge in [0.2, 0.25) is 0 Å². The highest BCUT2D eigenvalue weighted by molar-refractivity contribution is 5.96. The standard InChI is InChI=1S/C36H36N6O6/c43-31(35(47)39-29(21-25-13-5-1-6-14-25)33(45)41-37-23-27-17-9-3-10-18-27)32(44)36(48)40-30(22-26-15-7-2-8-16-26)34(46)42-38-24-28-19-11-4-12-20-28/h1-20,23-24,29-32,43-44H,21-22H2,(H,39,47)(H,40,48)(H,41,45)(H,42,46)/b37-23-,38-24+/t29?,30?,31-,32-/m0/s1. The Bertz CT molecular complexity index is 1560. The number of hydrogen-bond acceptors (Lipinski definition) is 8. The zero-order valence-corrected chi connectivity index (χ0v) is 25.8. The molecule has 0 heterocycles. The van der Waals surface area contributed by atoms with E-state index in [0.29, 0.717) is 11.1 Å². The number of carbonyl (C=O) groups excluding carboxylic acids is 4. The number of hydrazone groups is 2. The van der Waals surface area contributed by atoms with Gasteiger partial charge in [0.05, 0.1) is 12.4 Å². The van der Waals surface area contributed by atoms with Crippen molar-refractivity contribution in [1.82, 2.24) is 21.5 Å². The maximum Gasteiger partial charge on any atom is 0.262 e. The van der Waals surface area contributed by atoms with Crippen LogP contribution in [0.3, 0.4) is 0 Å². The van der Waals surface area contributed by atoms with Crippen LogP contribution in [0.1, 0.15) is 22.3 Å². The Balaban J connectivity index is 1.41. The summed E-state index contributed by atoms with van der Waals surface area (Å²) in [5, 5.41) is 34.0. The number of hydrogen-bond donors (Lipinski definition) is 6. The quantitative estimate of drug-likeness (QED) is 0.0839. The summed E-state index contributed by atoms with van der Waals surface area (Å²) in [7, 11) is 0. The summed E-state index contributed by atoms with van der Waals surface area (Å²) in [5.41, 5.74) is 7.60. The molecule has 4 atom stereocenters. The second kappa shape index (κ2) is 18.2. The minimum atomic E-state index is -2.28. The first-order valence-electron chi connectivity index (χ1n) is 15.1. The first-order chi connectivity index (χ1) is 23.3. The summed E-state index contributed by atoms with van der Waals surface area (Å²) in [6.45, 7) is 0. The van der Waals surface area contributed by atoms with E-state index in [0.717, 1.165) is 11.1 Å². The van der Waals surface area contributed by atoms with E-state index in [1.54, 1.807) is 109 Å². The predicted molar refractivity (Wildman–Crippen MR) is 181 cm³/mol. The lowest BCUT2D eigenvalue weighted by atomic mass is 10.0. The topological polar surface area (TPSA) is 182 Å². The number of nitrogens with one attached hydrogen (secondary N) is 4. The van der Waals surface area contributed by atoms with Gasteiger partial charge in [-0.05, 0) is 22.3 Å². The van der Waals surface area contributed by atoms with E-state index >= 15 is 0 Å². The van der Waals surface area contributed by atoms with Crippen molar-refractivity contribution >= 4 is 36.1 Å². The Morgan fingerprint density at radius 2 is 0.812 bits per heavy atom. The Labute approximate surface area is 277 Å². The third kappa shape index (κ3) is 11.1. The molecule has 4 rings (SSSR count). The second-order valence-electron chi connectivity index (χ2n) is 10.7. The molecule has 0 saturated heterocycles. The highest BCUT2D eigenvalue weighted by atomic mass is 16.3. The number of rotatable bonds is 15. The summed E-state index contributed by atoms with van der Waals surface area (Å²) >= 11 is 0. The van der Waals surface area contributed by atoms with Gasteiger partial charge in [-0.2, -0.15) is 10.2 Å². The SMILES string of the molecule is O=C(N/N=C\c1ccccc1)C(Cc1ccccc1)NC(=O)[C@@H](O)[C@H](O)C(=O)NC(Cc1ccccc1)C(=O)N/N=C/c1ccccc1. The molecule has 0 bridgehead atoms. The molecule has 0 saturated carbocycles. The average molecular weight is 649 g/mol. The van der Waals surface area contributed by atoms with Gasteiger partial charge in [0.1, 0.15) is 12.1 Å². The molecule has 12 nitrogen and oxygen atoms in total. The number of nitrogens with zero attached hydrogens (tertiary/aromatic N) is 2. The van der Waals surface area contributed by atoms with Crippen LogP contribution in [0, 0.1) is 0 Å². The fourth-order valence-corrected chi connectivity index (χ4v) is 4.49. The van der Waals surface area contributed by atoms with Crippen LogP contribution in [-0.4, -0.2) is 70.6 Å². The normalized spacial score (nSPS) is 13.6. The van der Waals surface area contributed by atoms with Crippen molar-refractivity contribution in [2.24, 2.45) is 10.2 Å². The van der Waals surface area contributed by atoms with Crippen LogP contribution in [-0.2, 0) is 32.0 Å². The molecule has 0 aromatic heterocycles. The molecule has 4 aromatic carbocycles. The van der Waals surface area contributed by atoms with Crippen molar-refractivity contribution in [3.05, 3.63) is 144 Å². The van der Waals surface area contributed by atoms with Gasteiger partial charge in [-0.25, -0.2) is 10.9 Å². The first kappa shape index (κ1) is 34.9. The third-order valence-corrected chi connectivity index (χ3v) is 7.04.